The molecule has 1 aliphatic rings. The van der Waals surface area contributed by atoms with Gasteiger partial charge in [0.05, 0.1) is 5.03 Å². The Balaban J connectivity index is 2.63. The van der Waals surface area contributed by atoms with Crippen LogP contribution in [0.15, 0.2) is 23.3 Å². The summed E-state index contributed by atoms with van der Waals surface area (Å²) in [6.07, 6.45) is 6.13. The number of nitrogens with zero attached hydrogens (tertiary/aromatic N) is 1. The molecule has 1 heterocycles. The summed E-state index contributed by atoms with van der Waals surface area (Å²) in [6.45, 7) is 0.968. The van der Waals surface area contributed by atoms with E-state index < -0.39 is 0 Å². The summed E-state index contributed by atoms with van der Waals surface area (Å²) in [5, 5.41) is 6.49. The molecule has 2 N–H and O–H groups in total. The van der Waals surface area contributed by atoms with Crippen molar-refractivity contribution in [1.82, 2.24) is 4.90 Å². The highest BCUT2D eigenvalue weighted by Gasteiger charge is 2.02. The second-order valence-electron chi connectivity index (χ2n) is 1.93. The molecule has 0 bridgehead atoms. The minimum absolute atomic E-state index is 0.968. The van der Waals surface area contributed by atoms with Gasteiger partial charge in [-0.3, -0.25) is 5.14 Å². The van der Waals surface area contributed by atoms with Crippen molar-refractivity contribution in [3.8, 4) is 0 Å². The molecule has 0 aromatic heterocycles. The van der Waals surface area contributed by atoms with Crippen molar-refractivity contribution in [2.24, 2.45) is 5.14 Å². The van der Waals surface area contributed by atoms with Crippen molar-refractivity contribution in [3.63, 3.8) is 0 Å². The zero-order valence-electron chi connectivity index (χ0n) is 5.37. The van der Waals surface area contributed by atoms with Gasteiger partial charge in [0.15, 0.2) is 0 Å². The Bertz CT molecular complexity index is 151. The highest BCUT2D eigenvalue weighted by molar-refractivity contribution is 8.00. The lowest BCUT2D eigenvalue weighted by atomic mass is 10.4. The molecule has 9 heavy (non-hydrogen) atoms. The quantitative estimate of drug-likeness (QED) is 0.552. The van der Waals surface area contributed by atoms with Gasteiger partial charge in [0.1, 0.15) is 0 Å². The first kappa shape index (κ1) is 6.71. The van der Waals surface area contributed by atoms with Crippen LogP contribution >= 0.6 is 11.9 Å². The number of rotatable bonds is 1. The Hall–Kier alpha value is -0.410. The predicted octanol–water partition coefficient (Wildman–Crippen LogP) is 0.936. The molecule has 0 unspecified atom stereocenters. The lowest BCUT2D eigenvalue weighted by molar-refractivity contribution is 0.492. The third-order valence-corrected chi connectivity index (χ3v) is 1.94. The predicted molar refractivity (Wildman–Crippen MR) is 41.6 cm³/mol. The fourth-order valence-corrected chi connectivity index (χ4v) is 1.13. The lowest BCUT2D eigenvalue weighted by Gasteiger charge is -2.20. The number of nitrogens with two attached hydrogens (primary N) is 1. The molecular weight excluding hydrogens is 132 g/mol. The molecule has 0 atom stereocenters. The average molecular weight is 142 g/mol. The monoisotopic (exact) mass is 142 g/mol. The second kappa shape index (κ2) is 2.94. The summed E-state index contributed by atoms with van der Waals surface area (Å²) in [6, 6.07) is 0. The van der Waals surface area contributed by atoms with E-state index in [1.165, 1.54) is 11.9 Å². The Labute approximate surface area is 59.5 Å². The van der Waals surface area contributed by atoms with E-state index in [0.29, 0.717) is 0 Å². The van der Waals surface area contributed by atoms with Crippen molar-refractivity contribution in [2.45, 2.75) is 0 Å². The standard InChI is InChI=1S/C6H10N2S/c1-8-5-3-2-4-6(8)9-7/h2-4H,5,7H2,1H3. The largest absolute Gasteiger partial charge is 0.365 e. The number of likely N-dealkylation sites (N-methyl/N-ethyl adjacent to an activating group) is 1. The summed E-state index contributed by atoms with van der Waals surface area (Å²) < 4.78 is 0. The average Bonchev–Trinajstić information content (AvgIpc) is 1.89. The van der Waals surface area contributed by atoms with Gasteiger partial charge in [-0.1, -0.05) is 12.2 Å². The van der Waals surface area contributed by atoms with Crippen LogP contribution < -0.4 is 5.14 Å². The molecule has 0 aromatic rings. The highest BCUT2D eigenvalue weighted by atomic mass is 32.2. The lowest BCUT2D eigenvalue weighted by Crippen LogP contribution is -2.18. The van der Waals surface area contributed by atoms with Crippen LogP contribution in [0.2, 0.25) is 0 Å². The molecule has 0 amide bonds. The summed E-state index contributed by atoms with van der Waals surface area (Å²) in [5.41, 5.74) is 0. The fraction of sp³-hybridized carbons (Fsp3) is 0.333. The topological polar surface area (TPSA) is 29.3 Å². The van der Waals surface area contributed by atoms with E-state index in [1.54, 1.807) is 0 Å². The van der Waals surface area contributed by atoms with Gasteiger partial charge in [-0.05, 0) is 18.0 Å². The molecule has 0 aromatic carbocycles. The first-order chi connectivity index (χ1) is 4.34. The fourth-order valence-electron chi connectivity index (χ4n) is 0.716. The third-order valence-electron chi connectivity index (χ3n) is 1.25. The van der Waals surface area contributed by atoms with Crippen LogP contribution in [-0.2, 0) is 0 Å². The highest BCUT2D eigenvalue weighted by Crippen LogP contribution is 2.14. The summed E-state index contributed by atoms with van der Waals surface area (Å²) in [7, 11) is 2.02. The Morgan fingerprint density at radius 3 is 3.00 bits per heavy atom. The maximum absolute atomic E-state index is 5.37. The van der Waals surface area contributed by atoms with Crippen LogP contribution in [0, 0.1) is 0 Å². The molecule has 0 aliphatic carbocycles. The zero-order valence-corrected chi connectivity index (χ0v) is 6.19. The van der Waals surface area contributed by atoms with Crippen molar-refractivity contribution in [2.75, 3.05) is 13.6 Å². The van der Waals surface area contributed by atoms with E-state index in [4.69, 9.17) is 5.14 Å². The first-order valence-electron chi connectivity index (χ1n) is 2.79. The van der Waals surface area contributed by atoms with Gasteiger partial charge in [-0.15, -0.1) is 0 Å². The molecular formula is C6H10N2S. The molecule has 2 nitrogen and oxygen atoms in total. The molecule has 50 valence electrons. The Morgan fingerprint density at radius 1 is 1.78 bits per heavy atom. The molecule has 0 saturated heterocycles. The molecule has 1 rings (SSSR count). The minimum Gasteiger partial charge on any atom is -0.365 e. The van der Waals surface area contributed by atoms with Crippen LogP contribution in [0.25, 0.3) is 0 Å². The summed E-state index contributed by atoms with van der Waals surface area (Å²) >= 11 is 1.29. The third kappa shape index (κ3) is 1.50. The van der Waals surface area contributed by atoms with Gasteiger partial charge in [0, 0.05) is 13.6 Å². The van der Waals surface area contributed by atoms with Gasteiger partial charge >= 0.3 is 0 Å². The molecule has 0 saturated carbocycles. The van der Waals surface area contributed by atoms with E-state index in [0.717, 1.165) is 11.6 Å². The van der Waals surface area contributed by atoms with E-state index in [9.17, 15) is 0 Å². The van der Waals surface area contributed by atoms with E-state index in [2.05, 4.69) is 11.0 Å². The van der Waals surface area contributed by atoms with Crippen molar-refractivity contribution < 1.29 is 0 Å². The van der Waals surface area contributed by atoms with Crippen LogP contribution in [0.3, 0.4) is 0 Å². The summed E-state index contributed by atoms with van der Waals surface area (Å²) in [4.78, 5) is 2.10. The van der Waals surface area contributed by atoms with Crippen molar-refractivity contribution in [1.29, 1.82) is 0 Å². The van der Waals surface area contributed by atoms with Crippen LogP contribution in [0.4, 0.5) is 0 Å². The van der Waals surface area contributed by atoms with Gasteiger partial charge in [0.2, 0.25) is 0 Å². The normalized spacial score (nSPS) is 18.0. The molecule has 1 aliphatic heterocycles. The zero-order chi connectivity index (χ0) is 6.69. The smallest absolute Gasteiger partial charge is 0.0858 e. The van der Waals surface area contributed by atoms with Gasteiger partial charge in [-0.25, -0.2) is 0 Å². The second-order valence-corrected chi connectivity index (χ2v) is 2.59. The van der Waals surface area contributed by atoms with E-state index in [-0.39, 0.29) is 0 Å². The SMILES string of the molecule is CN1CC=CC=C1SN. The van der Waals surface area contributed by atoms with Crippen LogP contribution in [0.5, 0.6) is 0 Å². The first-order valence-corrected chi connectivity index (χ1v) is 3.67. The molecule has 0 spiro atoms. The minimum atomic E-state index is 0.968. The van der Waals surface area contributed by atoms with E-state index >= 15 is 0 Å². The van der Waals surface area contributed by atoms with Gasteiger partial charge < -0.3 is 4.90 Å². The van der Waals surface area contributed by atoms with Gasteiger partial charge in [-0.2, -0.15) is 0 Å². The number of allylic oxidation sites excluding steroid dienone is 2. The van der Waals surface area contributed by atoms with Crippen LogP contribution in [-0.4, -0.2) is 18.5 Å². The van der Waals surface area contributed by atoms with Crippen LogP contribution in [0.1, 0.15) is 0 Å². The number of hydrogen-bond acceptors (Lipinski definition) is 3. The maximum Gasteiger partial charge on any atom is 0.0858 e. The van der Waals surface area contributed by atoms with Crippen molar-refractivity contribution >= 4 is 11.9 Å². The summed E-state index contributed by atoms with van der Waals surface area (Å²) in [5.74, 6) is 0. The number of hydrogen-bond donors (Lipinski definition) is 1. The van der Waals surface area contributed by atoms with Gasteiger partial charge in [0.25, 0.3) is 0 Å². The Morgan fingerprint density at radius 2 is 2.56 bits per heavy atom. The molecule has 3 heteroatoms. The van der Waals surface area contributed by atoms with E-state index in [1.807, 2.05) is 19.2 Å². The Kier molecular flexibility index (Phi) is 2.19. The maximum atomic E-state index is 5.37. The molecule has 0 fully saturated rings. The van der Waals surface area contributed by atoms with Crippen molar-refractivity contribution in [3.05, 3.63) is 23.3 Å². The molecule has 0 radical (unpaired) electrons.